The first kappa shape index (κ1) is 15.3. The highest BCUT2D eigenvalue weighted by Gasteiger charge is 2.50. The van der Waals surface area contributed by atoms with E-state index in [1.807, 2.05) is 0 Å². The fourth-order valence-electron chi connectivity index (χ4n) is 1.57. The van der Waals surface area contributed by atoms with Crippen LogP contribution < -0.4 is 5.32 Å². The molecule has 0 saturated carbocycles. The van der Waals surface area contributed by atoms with Gasteiger partial charge >= 0.3 is 11.9 Å². The predicted molar refractivity (Wildman–Crippen MR) is 59.6 cm³/mol. The van der Waals surface area contributed by atoms with Gasteiger partial charge in [-0.15, -0.1) is 0 Å². The lowest BCUT2D eigenvalue weighted by Crippen LogP contribution is -2.28. The zero-order chi connectivity index (χ0) is 13.4. The first-order valence-corrected chi connectivity index (χ1v) is 5.92. The summed E-state index contributed by atoms with van der Waals surface area (Å²) in [4.78, 5) is 10.7. The van der Waals surface area contributed by atoms with Crippen LogP contribution in [-0.2, 0) is 19.0 Å². The van der Waals surface area contributed by atoms with E-state index < -0.39 is 24.4 Å². The lowest BCUT2D eigenvalue weighted by molar-refractivity contribution is -0.159. The van der Waals surface area contributed by atoms with Crippen molar-refractivity contribution in [2.45, 2.75) is 24.9 Å². The number of esters is 1. The van der Waals surface area contributed by atoms with Crippen LogP contribution in [0.5, 0.6) is 0 Å². The van der Waals surface area contributed by atoms with Crippen LogP contribution in [0.15, 0.2) is 0 Å². The van der Waals surface area contributed by atoms with Gasteiger partial charge in [-0.2, -0.15) is 8.78 Å². The van der Waals surface area contributed by atoms with Crippen molar-refractivity contribution in [3.8, 4) is 0 Å². The van der Waals surface area contributed by atoms with Gasteiger partial charge in [0, 0.05) is 20.3 Å². The fraction of sp³-hybridized carbons (Fsp3) is 0.909. The predicted octanol–water partition coefficient (Wildman–Crippen LogP) is 0.580. The summed E-state index contributed by atoms with van der Waals surface area (Å²) in [5, 5.41) is 2.95. The minimum atomic E-state index is -3.32. The van der Waals surface area contributed by atoms with Gasteiger partial charge in [-0.1, -0.05) is 0 Å². The Kier molecular flexibility index (Phi) is 6.45. The molecule has 18 heavy (non-hydrogen) atoms. The average Bonchev–Trinajstić information content (AvgIpc) is 2.56. The topological polar surface area (TPSA) is 56.8 Å². The third-order valence-corrected chi connectivity index (χ3v) is 2.50. The highest BCUT2D eigenvalue weighted by atomic mass is 19.3. The minimum absolute atomic E-state index is 0.249. The molecule has 1 unspecified atom stereocenters. The smallest absolute Gasteiger partial charge is 0.377 e. The molecule has 5 nitrogen and oxygen atoms in total. The molecule has 0 aromatic carbocycles. The Bertz CT molecular complexity index is 263. The van der Waals surface area contributed by atoms with Crippen LogP contribution in [0.1, 0.15) is 12.8 Å². The quantitative estimate of drug-likeness (QED) is 0.489. The summed E-state index contributed by atoms with van der Waals surface area (Å²) < 4.78 is 40.2. The van der Waals surface area contributed by atoms with E-state index in [1.54, 1.807) is 7.11 Å². The summed E-state index contributed by atoms with van der Waals surface area (Å²) in [6, 6.07) is 0. The summed E-state index contributed by atoms with van der Waals surface area (Å²) in [5.74, 6) is -4.74. The number of carbonyl (C=O) groups is 1. The van der Waals surface area contributed by atoms with Crippen molar-refractivity contribution in [1.82, 2.24) is 5.32 Å². The molecule has 1 fully saturated rings. The molecule has 0 bridgehead atoms. The zero-order valence-electron chi connectivity index (χ0n) is 10.4. The van der Waals surface area contributed by atoms with Crippen LogP contribution in [0.25, 0.3) is 0 Å². The number of rotatable bonds is 9. The summed E-state index contributed by atoms with van der Waals surface area (Å²) in [7, 11) is 1.60. The molecule has 1 rings (SSSR count). The van der Waals surface area contributed by atoms with Crippen LogP contribution >= 0.6 is 0 Å². The van der Waals surface area contributed by atoms with Gasteiger partial charge in [-0.25, -0.2) is 4.79 Å². The number of cyclic esters (lactones) is 1. The van der Waals surface area contributed by atoms with E-state index in [0.717, 1.165) is 6.42 Å². The molecule has 1 heterocycles. The summed E-state index contributed by atoms with van der Waals surface area (Å²) >= 11 is 0. The second-order valence-corrected chi connectivity index (χ2v) is 4.10. The van der Waals surface area contributed by atoms with Crippen molar-refractivity contribution in [1.29, 1.82) is 0 Å². The Morgan fingerprint density at radius 3 is 2.83 bits per heavy atom. The lowest BCUT2D eigenvalue weighted by atomic mass is 10.2. The molecule has 1 aliphatic heterocycles. The maximum atomic E-state index is 12.8. The molecule has 1 N–H and O–H groups in total. The fourth-order valence-corrected chi connectivity index (χ4v) is 1.57. The molecular weight excluding hydrogens is 248 g/mol. The summed E-state index contributed by atoms with van der Waals surface area (Å²) in [5.41, 5.74) is 0. The molecule has 0 aliphatic carbocycles. The lowest BCUT2D eigenvalue weighted by Gasteiger charge is -2.09. The van der Waals surface area contributed by atoms with Crippen LogP contribution in [0, 0.1) is 0 Å². The van der Waals surface area contributed by atoms with Crippen LogP contribution in [0.3, 0.4) is 0 Å². The first-order valence-electron chi connectivity index (χ1n) is 5.92. The average molecular weight is 267 g/mol. The standard InChI is InChI=1S/C11H19F2NO4/c1-16-5-6-17-4-2-3-14-8-9-7-11(12,13)10(15)18-9/h9,14H,2-8H2,1H3. The SMILES string of the molecule is COCCOCCCNCC1CC(F)(F)C(=O)O1. The van der Waals surface area contributed by atoms with Gasteiger partial charge in [0.05, 0.1) is 19.6 Å². The summed E-state index contributed by atoms with van der Waals surface area (Å²) in [6.07, 6.45) is -0.508. The van der Waals surface area contributed by atoms with E-state index in [1.165, 1.54) is 0 Å². The van der Waals surface area contributed by atoms with Crippen molar-refractivity contribution in [3.05, 3.63) is 0 Å². The van der Waals surface area contributed by atoms with E-state index in [-0.39, 0.29) is 6.54 Å². The van der Waals surface area contributed by atoms with Crippen molar-refractivity contribution in [2.75, 3.05) is 40.0 Å². The Morgan fingerprint density at radius 2 is 2.22 bits per heavy atom. The highest BCUT2D eigenvalue weighted by Crippen LogP contribution is 2.30. The van der Waals surface area contributed by atoms with Gasteiger partial charge < -0.3 is 19.5 Å². The van der Waals surface area contributed by atoms with Gasteiger partial charge in [0.2, 0.25) is 0 Å². The number of ether oxygens (including phenoxy) is 3. The number of halogens is 2. The molecule has 106 valence electrons. The Balaban J connectivity index is 1.95. The maximum absolute atomic E-state index is 12.8. The molecule has 0 aromatic rings. The normalized spacial score (nSPS) is 22.2. The number of hydrogen-bond donors (Lipinski definition) is 1. The number of methoxy groups -OCH3 is 1. The third-order valence-electron chi connectivity index (χ3n) is 2.50. The number of carbonyl (C=O) groups excluding carboxylic acids is 1. The number of hydrogen-bond acceptors (Lipinski definition) is 5. The Morgan fingerprint density at radius 1 is 1.44 bits per heavy atom. The van der Waals surface area contributed by atoms with E-state index in [0.29, 0.717) is 26.4 Å². The maximum Gasteiger partial charge on any atom is 0.377 e. The Hall–Kier alpha value is -0.790. The summed E-state index contributed by atoms with van der Waals surface area (Å²) in [6.45, 7) is 2.56. The zero-order valence-corrected chi connectivity index (χ0v) is 10.4. The van der Waals surface area contributed by atoms with Crippen molar-refractivity contribution in [2.24, 2.45) is 0 Å². The molecule has 1 aliphatic rings. The van der Waals surface area contributed by atoms with Crippen molar-refractivity contribution < 1.29 is 27.8 Å². The molecule has 7 heteroatoms. The van der Waals surface area contributed by atoms with E-state index in [4.69, 9.17) is 9.47 Å². The molecule has 1 atom stereocenters. The molecule has 0 radical (unpaired) electrons. The molecular formula is C11H19F2NO4. The van der Waals surface area contributed by atoms with Gasteiger partial charge in [-0.05, 0) is 13.0 Å². The van der Waals surface area contributed by atoms with Gasteiger partial charge in [0.25, 0.3) is 0 Å². The highest BCUT2D eigenvalue weighted by molar-refractivity contribution is 5.79. The Labute approximate surface area is 105 Å². The largest absolute Gasteiger partial charge is 0.456 e. The molecule has 0 aromatic heterocycles. The van der Waals surface area contributed by atoms with Crippen molar-refractivity contribution in [3.63, 3.8) is 0 Å². The monoisotopic (exact) mass is 267 g/mol. The third kappa shape index (κ3) is 5.24. The number of alkyl halides is 2. The van der Waals surface area contributed by atoms with Gasteiger partial charge in [-0.3, -0.25) is 0 Å². The van der Waals surface area contributed by atoms with Gasteiger partial charge in [0.1, 0.15) is 6.10 Å². The molecule has 0 spiro atoms. The van der Waals surface area contributed by atoms with Crippen LogP contribution in [0.4, 0.5) is 8.78 Å². The first-order chi connectivity index (χ1) is 8.56. The number of nitrogens with one attached hydrogen (secondary N) is 1. The second kappa shape index (κ2) is 7.60. The van der Waals surface area contributed by atoms with Crippen molar-refractivity contribution >= 4 is 5.97 Å². The van der Waals surface area contributed by atoms with Crippen LogP contribution in [0.2, 0.25) is 0 Å². The van der Waals surface area contributed by atoms with Gasteiger partial charge in [0.15, 0.2) is 0 Å². The van der Waals surface area contributed by atoms with E-state index >= 15 is 0 Å². The van der Waals surface area contributed by atoms with E-state index in [2.05, 4.69) is 10.1 Å². The van der Waals surface area contributed by atoms with Crippen LogP contribution in [-0.4, -0.2) is 58.0 Å². The van der Waals surface area contributed by atoms with E-state index in [9.17, 15) is 13.6 Å². The minimum Gasteiger partial charge on any atom is -0.456 e. The molecule has 0 amide bonds. The molecule has 1 saturated heterocycles. The second-order valence-electron chi connectivity index (χ2n) is 4.10.